The fraction of sp³-hybridized carbons (Fsp3) is 0.360. The van der Waals surface area contributed by atoms with Gasteiger partial charge in [0, 0.05) is 43.8 Å². The number of rotatable bonds is 6. The van der Waals surface area contributed by atoms with Gasteiger partial charge in [-0.2, -0.15) is 4.68 Å². The maximum absolute atomic E-state index is 4.81. The van der Waals surface area contributed by atoms with E-state index in [2.05, 4.69) is 63.9 Å². The quantitative estimate of drug-likeness (QED) is 0.373. The molecule has 0 aromatic carbocycles. The third kappa shape index (κ3) is 4.46. The summed E-state index contributed by atoms with van der Waals surface area (Å²) in [4.78, 5) is 25.5. The molecule has 6 heterocycles. The molecule has 1 aliphatic heterocycles. The number of pyridine rings is 1. The highest BCUT2D eigenvalue weighted by atomic mass is 15.5. The largest absolute Gasteiger partial charge is 0.341 e. The number of nitrogens with zero attached hydrogens (tertiary/aromatic N) is 11. The fourth-order valence-electron chi connectivity index (χ4n) is 4.68. The Kier molecular flexibility index (Phi) is 5.91. The molecule has 6 rings (SSSR count). The van der Waals surface area contributed by atoms with Crippen LogP contribution in [0.25, 0.3) is 11.3 Å². The van der Waals surface area contributed by atoms with Crippen LogP contribution in [0.4, 0.5) is 17.5 Å². The lowest BCUT2D eigenvalue weighted by atomic mass is 9.96. The van der Waals surface area contributed by atoms with E-state index in [0.29, 0.717) is 17.7 Å². The summed E-state index contributed by atoms with van der Waals surface area (Å²) in [5, 5.41) is 14.7. The van der Waals surface area contributed by atoms with Crippen LogP contribution in [0.1, 0.15) is 55.6 Å². The minimum absolute atomic E-state index is 0.350. The Morgan fingerprint density at radius 2 is 1.81 bits per heavy atom. The first-order chi connectivity index (χ1) is 18.1. The maximum Gasteiger partial charge on any atom is 0.225 e. The molecule has 5 aromatic heterocycles. The van der Waals surface area contributed by atoms with Gasteiger partial charge in [-0.1, -0.05) is 13.8 Å². The highest BCUT2D eigenvalue weighted by Crippen LogP contribution is 2.31. The summed E-state index contributed by atoms with van der Waals surface area (Å²) in [5.41, 5.74) is 3.76. The first-order valence-electron chi connectivity index (χ1n) is 12.4. The van der Waals surface area contributed by atoms with Crippen molar-refractivity contribution < 1.29 is 0 Å². The lowest BCUT2D eigenvalue weighted by Crippen LogP contribution is -2.34. The van der Waals surface area contributed by atoms with E-state index in [9.17, 15) is 0 Å². The van der Waals surface area contributed by atoms with Crippen molar-refractivity contribution >= 4 is 23.0 Å². The molecule has 0 aliphatic carbocycles. The smallest absolute Gasteiger partial charge is 0.225 e. The van der Waals surface area contributed by atoms with Crippen LogP contribution in [-0.2, 0) is 0 Å². The highest BCUT2D eigenvalue weighted by molar-refractivity contribution is 5.74. The number of tetrazole rings is 1. The van der Waals surface area contributed by atoms with Crippen molar-refractivity contribution in [1.82, 2.24) is 49.5 Å². The zero-order valence-corrected chi connectivity index (χ0v) is 21.0. The Morgan fingerprint density at radius 3 is 2.51 bits per heavy atom. The SMILES string of the molecule is Cc1nc(-n2cnnn2)ccc1Nc1nccn2c(C3CCN(c4ncc(C(C)C)cn4)CC3)ncc12. The monoisotopic (exact) mass is 496 g/mol. The van der Waals surface area contributed by atoms with Gasteiger partial charge in [-0.05, 0) is 53.8 Å². The van der Waals surface area contributed by atoms with Gasteiger partial charge >= 0.3 is 0 Å². The summed E-state index contributed by atoms with van der Waals surface area (Å²) < 4.78 is 3.67. The van der Waals surface area contributed by atoms with Crippen LogP contribution in [0.2, 0.25) is 0 Å². The topological polar surface area (TPSA) is 128 Å². The summed E-state index contributed by atoms with van der Waals surface area (Å²) >= 11 is 0. The van der Waals surface area contributed by atoms with Crippen LogP contribution in [0.3, 0.4) is 0 Å². The minimum Gasteiger partial charge on any atom is -0.341 e. The summed E-state index contributed by atoms with van der Waals surface area (Å²) in [6.07, 6.45) is 13.1. The number of aromatic nitrogens is 10. The van der Waals surface area contributed by atoms with Gasteiger partial charge in [0.2, 0.25) is 5.95 Å². The van der Waals surface area contributed by atoms with Crippen molar-refractivity contribution in [2.24, 2.45) is 0 Å². The van der Waals surface area contributed by atoms with E-state index in [0.717, 1.165) is 66.0 Å². The minimum atomic E-state index is 0.350. The highest BCUT2D eigenvalue weighted by Gasteiger charge is 2.26. The molecule has 37 heavy (non-hydrogen) atoms. The van der Waals surface area contributed by atoms with Crippen LogP contribution in [0.5, 0.6) is 0 Å². The van der Waals surface area contributed by atoms with Crippen molar-refractivity contribution in [3.05, 3.63) is 66.5 Å². The first-order valence-corrected chi connectivity index (χ1v) is 12.4. The van der Waals surface area contributed by atoms with E-state index in [1.165, 1.54) is 11.0 Å². The van der Waals surface area contributed by atoms with Crippen LogP contribution >= 0.6 is 0 Å². The van der Waals surface area contributed by atoms with Gasteiger partial charge in [0.15, 0.2) is 11.6 Å². The third-order valence-corrected chi connectivity index (χ3v) is 6.86. The molecule has 188 valence electrons. The third-order valence-electron chi connectivity index (χ3n) is 6.86. The van der Waals surface area contributed by atoms with Gasteiger partial charge in [0.1, 0.15) is 17.7 Å². The van der Waals surface area contributed by atoms with Crippen LogP contribution in [-0.4, -0.2) is 62.6 Å². The standard InChI is InChI=1S/C25H28N12/c1-16(2)19-12-28-25(29-13-19)35-9-6-18(7-10-35)24-27-14-21-23(26-8-11-36(21)24)32-20-4-5-22(31-17(20)3)37-15-30-33-34-37/h4-5,8,11-16,18H,6-7,9-10H2,1-3H3,(H,26,32). The Morgan fingerprint density at radius 1 is 1.00 bits per heavy atom. The second-order valence-electron chi connectivity index (χ2n) is 9.56. The molecule has 0 atom stereocenters. The molecule has 0 bridgehead atoms. The Hall–Kier alpha value is -4.48. The Bertz CT molecular complexity index is 1500. The van der Waals surface area contributed by atoms with E-state index < -0.39 is 0 Å². The van der Waals surface area contributed by atoms with E-state index in [1.54, 1.807) is 6.20 Å². The van der Waals surface area contributed by atoms with Gasteiger partial charge in [0.05, 0.1) is 17.6 Å². The number of piperidine rings is 1. The number of nitrogens with one attached hydrogen (secondary N) is 1. The van der Waals surface area contributed by atoms with E-state index >= 15 is 0 Å². The zero-order valence-electron chi connectivity index (χ0n) is 21.0. The molecule has 5 aromatic rings. The fourth-order valence-corrected chi connectivity index (χ4v) is 4.68. The lowest BCUT2D eigenvalue weighted by molar-refractivity contribution is 0.479. The average Bonchev–Trinajstić information content (AvgIpc) is 3.61. The van der Waals surface area contributed by atoms with Gasteiger partial charge in [-0.25, -0.2) is 24.9 Å². The van der Waals surface area contributed by atoms with Crippen molar-refractivity contribution in [3.8, 4) is 5.82 Å². The molecule has 1 fully saturated rings. The van der Waals surface area contributed by atoms with Crippen molar-refractivity contribution in [3.63, 3.8) is 0 Å². The van der Waals surface area contributed by atoms with E-state index in [4.69, 9.17) is 4.98 Å². The number of imidazole rings is 1. The molecule has 0 spiro atoms. The van der Waals surface area contributed by atoms with Gasteiger partial charge in [-0.3, -0.25) is 4.40 Å². The normalized spacial score (nSPS) is 14.5. The van der Waals surface area contributed by atoms with E-state index in [1.807, 2.05) is 43.8 Å². The number of hydrogen-bond donors (Lipinski definition) is 1. The second-order valence-corrected chi connectivity index (χ2v) is 9.56. The van der Waals surface area contributed by atoms with Crippen molar-refractivity contribution in [2.45, 2.75) is 45.4 Å². The van der Waals surface area contributed by atoms with Gasteiger partial charge < -0.3 is 10.2 Å². The summed E-state index contributed by atoms with van der Waals surface area (Å²) in [5.74, 6) is 4.03. The van der Waals surface area contributed by atoms with Crippen molar-refractivity contribution in [1.29, 1.82) is 0 Å². The lowest BCUT2D eigenvalue weighted by Gasteiger charge is -2.31. The van der Waals surface area contributed by atoms with Gasteiger partial charge in [0.25, 0.3) is 0 Å². The number of aryl methyl sites for hydroxylation is 1. The maximum atomic E-state index is 4.81. The number of hydrogen-bond acceptors (Lipinski definition) is 10. The van der Waals surface area contributed by atoms with Crippen LogP contribution < -0.4 is 10.2 Å². The molecule has 0 unspecified atom stereocenters. The molecule has 0 radical (unpaired) electrons. The summed E-state index contributed by atoms with van der Waals surface area (Å²) in [7, 11) is 0. The molecular weight excluding hydrogens is 468 g/mol. The predicted octanol–water partition coefficient (Wildman–Crippen LogP) is 3.45. The van der Waals surface area contributed by atoms with Crippen LogP contribution in [0, 0.1) is 6.92 Å². The average molecular weight is 497 g/mol. The van der Waals surface area contributed by atoms with Gasteiger partial charge in [-0.15, -0.1) is 5.10 Å². The molecule has 0 saturated carbocycles. The Labute approximate surface area is 213 Å². The first kappa shape index (κ1) is 23.0. The zero-order chi connectivity index (χ0) is 25.4. The number of fused-ring (bicyclic) bond motifs is 1. The molecule has 12 heteroatoms. The predicted molar refractivity (Wildman–Crippen MR) is 138 cm³/mol. The van der Waals surface area contributed by atoms with Crippen LogP contribution in [0.15, 0.2) is 49.4 Å². The molecule has 1 saturated heterocycles. The molecule has 1 N–H and O–H groups in total. The van der Waals surface area contributed by atoms with E-state index in [-0.39, 0.29) is 0 Å². The molecular formula is C25H28N12. The Balaban J connectivity index is 1.18. The molecule has 0 amide bonds. The van der Waals surface area contributed by atoms with Crippen molar-refractivity contribution in [2.75, 3.05) is 23.3 Å². The number of anilines is 3. The summed E-state index contributed by atoms with van der Waals surface area (Å²) in [6.45, 7) is 8.04. The molecule has 12 nitrogen and oxygen atoms in total. The summed E-state index contributed by atoms with van der Waals surface area (Å²) in [6, 6.07) is 3.81. The second kappa shape index (κ2) is 9.52. The molecule has 1 aliphatic rings.